The molecule has 1 aromatic heterocycles. The fraction of sp³-hybridized carbons (Fsp3) is 0.464. The number of fused-ring (bicyclic) bond motifs is 4. The Kier molecular flexibility index (Phi) is 6.36. The maximum atomic E-state index is 13.7. The molecule has 0 saturated carbocycles. The Balaban J connectivity index is 1.55. The van der Waals surface area contributed by atoms with Crippen molar-refractivity contribution in [3.05, 3.63) is 75.7 Å². The van der Waals surface area contributed by atoms with Gasteiger partial charge in [0.15, 0.2) is 0 Å². The van der Waals surface area contributed by atoms with Gasteiger partial charge in [-0.15, -0.1) is 0 Å². The number of aliphatic hydroxyl groups excluding tert-OH is 1. The number of benzene rings is 1. The summed E-state index contributed by atoms with van der Waals surface area (Å²) in [6.45, 7) is 3.80. The molecule has 184 valence electrons. The summed E-state index contributed by atoms with van der Waals surface area (Å²) >= 11 is 0. The van der Waals surface area contributed by atoms with Gasteiger partial charge in [0.05, 0.1) is 24.0 Å². The highest BCUT2D eigenvalue weighted by Crippen LogP contribution is 2.49. The topological polar surface area (TPSA) is 91.6 Å². The molecule has 7 heteroatoms. The molecule has 5 atom stereocenters. The predicted octanol–water partition coefficient (Wildman–Crippen LogP) is 3.19. The number of rotatable bonds is 6. The maximum absolute atomic E-state index is 13.7. The SMILES string of the molecule is CCC(=O)N1[C@@H]2Cn3c(ccc(C4=CCCC4)c3=O)[C@H]1[C@@H](C(=O)N[C@@H](C)c1ccccc1)[C@@H]2CO. The van der Waals surface area contributed by atoms with E-state index in [1.165, 1.54) is 0 Å². The van der Waals surface area contributed by atoms with Crippen LogP contribution < -0.4 is 10.9 Å². The molecule has 7 nitrogen and oxygen atoms in total. The zero-order chi connectivity index (χ0) is 24.7. The number of pyridine rings is 1. The van der Waals surface area contributed by atoms with Gasteiger partial charge in [0.1, 0.15) is 0 Å². The first kappa shape index (κ1) is 23.5. The average molecular weight is 476 g/mol. The molecular formula is C28H33N3O4. The number of aliphatic hydroxyl groups is 1. The largest absolute Gasteiger partial charge is 0.396 e. The van der Waals surface area contributed by atoms with E-state index in [1.54, 1.807) is 16.4 Å². The zero-order valence-corrected chi connectivity index (χ0v) is 20.3. The van der Waals surface area contributed by atoms with Gasteiger partial charge < -0.3 is 19.9 Å². The van der Waals surface area contributed by atoms with Gasteiger partial charge >= 0.3 is 0 Å². The third-order valence-electron chi connectivity index (χ3n) is 7.98. The third kappa shape index (κ3) is 3.92. The molecule has 1 aliphatic carbocycles. The van der Waals surface area contributed by atoms with Crippen molar-refractivity contribution in [3.8, 4) is 0 Å². The first-order valence-corrected chi connectivity index (χ1v) is 12.7. The van der Waals surface area contributed by atoms with Gasteiger partial charge in [-0.1, -0.05) is 43.3 Å². The van der Waals surface area contributed by atoms with E-state index in [0.717, 1.165) is 30.4 Å². The number of carbonyl (C=O) groups excluding carboxylic acids is 2. The van der Waals surface area contributed by atoms with Crippen LogP contribution in [0.3, 0.4) is 0 Å². The van der Waals surface area contributed by atoms with Crippen LogP contribution in [0.15, 0.2) is 53.3 Å². The lowest BCUT2D eigenvalue weighted by atomic mass is 9.86. The monoisotopic (exact) mass is 475 g/mol. The smallest absolute Gasteiger partial charge is 0.258 e. The predicted molar refractivity (Wildman–Crippen MR) is 133 cm³/mol. The first-order chi connectivity index (χ1) is 17.0. The molecule has 35 heavy (non-hydrogen) atoms. The number of hydrogen-bond donors (Lipinski definition) is 2. The summed E-state index contributed by atoms with van der Waals surface area (Å²) in [5.74, 6) is -1.36. The number of amides is 2. The average Bonchev–Trinajstić information content (AvgIpc) is 3.49. The summed E-state index contributed by atoms with van der Waals surface area (Å²) in [4.78, 5) is 42.1. The summed E-state index contributed by atoms with van der Waals surface area (Å²) in [5, 5.41) is 13.5. The minimum atomic E-state index is -0.642. The van der Waals surface area contributed by atoms with E-state index in [4.69, 9.17) is 0 Å². The zero-order valence-electron chi connectivity index (χ0n) is 20.3. The number of carbonyl (C=O) groups is 2. The number of allylic oxidation sites excluding steroid dienone is 2. The molecule has 1 aromatic carbocycles. The van der Waals surface area contributed by atoms with E-state index >= 15 is 0 Å². The van der Waals surface area contributed by atoms with E-state index in [0.29, 0.717) is 24.2 Å². The van der Waals surface area contributed by atoms with E-state index < -0.39 is 23.9 Å². The Morgan fingerprint density at radius 1 is 1.17 bits per heavy atom. The second kappa shape index (κ2) is 9.46. The minimum absolute atomic E-state index is 0.0638. The van der Waals surface area contributed by atoms with E-state index in [-0.39, 0.29) is 30.0 Å². The quantitative estimate of drug-likeness (QED) is 0.671. The minimum Gasteiger partial charge on any atom is -0.396 e. The maximum Gasteiger partial charge on any atom is 0.258 e. The Labute approximate surface area is 205 Å². The van der Waals surface area contributed by atoms with Crippen LogP contribution >= 0.6 is 0 Å². The molecule has 2 aliphatic heterocycles. The summed E-state index contributed by atoms with van der Waals surface area (Å²) in [6, 6.07) is 12.3. The van der Waals surface area contributed by atoms with Crippen molar-refractivity contribution in [2.45, 2.75) is 64.2 Å². The van der Waals surface area contributed by atoms with Crippen LogP contribution in [-0.4, -0.2) is 39.0 Å². The second-order valence-electron chi connectivity index (χ2n) is 9.89. The molecule has 2 aromatic rings. The molecule has 0 unspecified atom stereocenters. The second-order valence-corrected chi connectivity index (χ2v) is 9.89. The highest BCUT2D eigenvalue weighted by atomic mass is 16.3. The van der Waals surface area contributed by atoms with Crippen LogP contribution in [0.5, 0.6) is 0 Å². The van der Waals surface area contributed by atoms with Gasteiger partial charge in [0, 0.05) is 36.7 Å². The van der Waals surface area contributed by atoms with Crippen LogP contribution in [0.2, 0.25) is 0 Å². The molecule has 0 radical (unpaired) electrons. The Morgan fingerprint density at radius 3 is 2.60 bits per heavy atom. The molecule has 1 fully saturated rings. The fourth-order valence-corrected chi connectivity index (χ4v) is 6.23. The number of hydrogen-bond acceptors (Lipinski definition) is 4. The van der Waals surface area contributed by atoms with Crippen LogP contribution in [0.1, 0.15) is 68.4 Å². The Morgan fingerprint density at radius 2 is 1.94 bits per heavy atom. The highest BCUT2D eigenvalue weighted by Gasteiger charge is 2.57. The van der Waals surface area contributed by atoms with Gasteiger partial charge in [-0.2, -0.15) is 0 Å². The van der Waals surface area contributed by atoms with Crippen LogP contribution in [0, 0.1) is 11.8 Å². The van der Waals surface area contributed by atoms with E-state index in [1.807, 2.05) is 49.4 Å². The Hall–Kier alpha value is -3.19. The molecule has 2 N–H and O–H groups in total. The molecule has 5 rings (SSSR count). The molecule has 0 spiro atoms. The third-order valence-corrected chi connectivity index (χ3v) is 7.98. The summed E-state index contributed by atoms with van der Waals surface area (Å²) in [5.41, 5.74) is 3.38. The van der Waals surface area contributed by atoms with Crippen LogP contribution in [0.25, 0.3) is 5.57 Å². The van der Waals surface area contributed by atoms with E-state index in [2.05, 4.69) is 11.4 Å². The van der Waals surface area contributed by atoms with Gasteiger partial charge in [0.25, 0.3) is 5.56 Å². The van der Waals surface area contributed by atoms with Gasteiger partial charge in [0.2, 0.25) is 11.8 Å². The number of aromatic nitrogens is 1. The summed E-state index contributed by atoms with van der Waals surface area (Å²) in [7, 11) is 0. The van der Waals surface area contributed by atoms with Gasteiger partial charge in [-0.3, -0.25) is 14.4 Å². The van der Waals surface area contributed by atoms with Crippen molar-refractivity contribution in [2.75, 3.05) is 6.61 Å². The van der Waals surface area contributed by atoms with E-state index in [9.17, 15) is 19.5 Å². The van der Waals surface area contributed by atoms with Crippen molar-refractivity contribution in [2.24, 2.45) is 11.8 Å². The lowest BCUT2D eigenvalue weighted by Crippen LogP contribution is -2.49. The molecule has 2 amide bonds. The summed E-state index contributed by atoms with van der Waals surface area (Å²) < 4.78 is 1.75. The Bertz CT molecular complexity index is 1220. The van der Waals surface area contributed by atoms with Crippen LogP contribution in [0.4, 0.5) is 0 Å². The molecule has 1 saturated heterocycles. The molecule has 3 heterocycles. The molecular weight excluding hydrogens is 442 g/mol. The summed E-state index contributed by atoms with van der Waals surface area (Å²) in [6.07, 6.45) is 5.36. The van der Waals surface area contributed by atoms with Crippen molar-refractivity contribution in [1.29, 1.82) is 0 Å². The molecule has 3 aliphatic rings. The lowest BCUT2D eigenvalue weighted by molar-refractivity contribution is -0.136. The normalized spacial score (nSPS) is 25.7. The first-order valence-electron chi connectivity index (χ1n) is 12.7. The fourth-order valence-electron chi connectivity index (χ4n) is 6.23. The number of nitrogens with zero attached hydrogens (tertiary/aromatic N) is 2. The van der Waals surface area contributed by atoms with Crippen molar-refractivity contribution >= 4 is 17.4 Å². The lowest BCUT2D eigenvalue weighted by Gasteiger charge is -2.38. The highest BCUT2D eigenvalue weighted by molar-refractivity contribution is 5.84. The van der Waals surface area contributed by atoms with Crippen LogP contribution in [-0.2, 0) is 16.1 Å². The number of nitrogens with one attached hydrogen (secondary N) is 1. The standard InChI is InChI=1S/C28H33N3O4/c1-3-24(33)31-23-15-30-22(14-13-20(28(30)35)19-11-7-8-12-19)26(31)25(21(23)16-32)27(34)29-17(2)18-9-5-4-6-10-18/h4-6,9-11,13-14,17,21,23,25-26,32H,3,7-8,12,15-16H2,1-2H3,(H,29,34)/t17-,21+,23+,25-,26-/m0/s1. The van der Waals surface area contributed by atoms with Crippen molar-refractivity contribution in [3.63, 3.8) is 0 Å². The van der Waals surface area contributed by atoms with Crippen molar-refractivity contribution in [1.82, 2.24) is 14.8 Å². The van der Waals surface area contributed by atoms with Gasteiger partial charge in [-0.05, 0) is 49.5 Å². The molecule has 2 bridgehead atoms. The van der Waals surface area contributed by atoms with Gasteiger partial charge in [-0.25, -0.2) is 0 Å². The van der Waals surface area contributed by atoms with Crippen molar-refractivity contribution < 1.29 is 14.7 Å².